The van der Waals surface area contributed by atoms with Gasteiger partial charge in [-0.05, 0) is 39.7 Å². The molecule has 0 amide bonds. The highest BCUT2D eigenvalue weighted by Gasteiger charge is 2.34. The molecule has 1 N–H and O–H groups in total. The van der Waals surface area contributed by atoms with Crippen molar-refractivity contribution < 1.29 is 8.95 Å². The molecule has 0 aromatic heterocycles. The fraction of sp³-hybridized carbons (Fsp3) is 1.00. The highest BCUT2D eigenvalue weighted by Crippen LogP contribution is 2.23. The van der Waals surface area contributed by atoms with Crippen LogP contribution in [0.1, 0.15) is 47.0 Å². The predicted octanol–water partition coefficient (Wildman–Crippen LogP) is 2.08. The lowest BCUT2D eigenvalue weighted by atomic mass is 10.1. The van der Waals surface area contributed by atoms with Crippen LogP contribution in [0.2, 0.25) is 0 Å². The molecule has 17 heavy (non-hydrogen) atoms. The first-order valence-electron chi connectivity index (χ1n) is 6.86. The maximum absolute atomic E-state index is 12.5. The zero-order chi connectivity index (χ0) is 12.8. The molecule has 1 rings (SSSR count). The summed E-state index contributed by atoms with van der Waals surface area (Å²) in [6, 6.07) is 0.364. The van der Waals surface area contributed by atoms with Crippen molar-refractivity contribution in [2.45, 2.75) is 69.6 Å². The molecular weight excluding hydrogens is 234 g/mol. The van der Waals surface area contributed by atoms with Gasteiger partial charge in [-0.1, -0.05) is 13.8 Å². The molecule has 0 bridgehead atoms. The van der Waals surface area contributed by atoms with Crippen molar-refractivity contribution in [2.24, 2.45) is 0 Å². The van der Waals surface area contributed by atoms with Crippen LogP contribution in [0.15, 0.2) is 0 Å². The van der Waals surface area contributed by atoms with Crippen molar-refractivity contribution >= 4 is 10.8 Å². The zero-order valence-corrected chi connectivity index (χ0v) is 12.4. The Labute approximate surface area is 108 Å². The van der Waals surface area contributed by atoms with Gasteiger partial charge in [0.2, 0.25) is 0 Å². The fourth-order valence-corrected chi connectivity index (χ4v) is 4.38. The minimum atomic E-state index is -0.791. The van der Waals surface area contributed by atoms with Crippen molar-refractivity contribution in [3.05, 3.63) is 0 Å². The molecule has 1 aliphatic rings. The molecule has 0 aromatic rings. The summed E-state index contributed by atoms with van der Waals surface area (Å²) in [6.45, 7) is 10.3. The molecule has 1 saturated heterocycles. The third kappa shape index (κ3) is 4.04. The van der Waals surface area contributed by atoms with E-state index in [-0.39, 0.29) is 16.6 Å². The van der Waals surface area contributed by atoms with E-state index in [0.717, 1.165) is 32.4 Å². The predicted molar refractivity (Wildman–Crippen MR) is 73.8 cm³/mol. The van der Waals surface area contributed by atoms with E-state index in [1.807, 2.05) is 6.92 Å². The summed E-state index contributed by atoms with van der Waals surface area (Å²) in [5.41, 5.74) is 0. The van der Waals surface area contributed by atoms with Gasteiger partial charge in [0, 0.05) is 28.7 Å². The van der Waals surface area contributed by atoms with Crippen LogP contribution in [0, 0.1) is 0 Å². The second-order valence-electron chi connectivity index (χ2n) is 4.91. The normalized spacial score (nSPS) is 30.1. The van der Waals surface area contributed by atoms with Crippen LogP contribution in [0.25, 0.3) is 0 Å². The van der Waals surface area contributed by atoms with Crippen LogP contribution in [0.3, 0.4) is 0 Å². The molecule has 3 nitrogen and oxygen atoms in total. The average Bonchev–Trinajstić information content (AvgIpc) is 2.75. The van der Waals surface area contributed by atoms with Crippen molar-refractivity contribution in [1.29, 1.82) is 0 Å². The highest BCUT2D eigenvalue weighted by atomic mass is 32.2. The van der Waals surface area contributed by atoms with Crippen molar-refractivity contribution in [3.8, 4) is 0 Å². The number of hydrogen-bond acceptors (Lipinski definition) is 3. The smallest absolute Gasteiger partial charge is 0.0691 e. The van der Waals surface area contributed by atoms with Crippen molar-refractivity contribution in [2.75, 3.05) is 13.2 Å². The summed E-state index contributed by atoms with van der Waals surface area (Å²) in [5, 5.41) is 3.94. The lowest BCUT2D eigenvalue weighted by Crippen LogP contribution is -2.44. The maximum atomic E-state index is 12.5. The minimum absolute atomic E-state index is 0.155. The molecule has 102 valence electrons. The minimum Gasteiger partial charge on any atom is -0.377 e. The average molecular weight is 261 g/mol. The van der Waals surface area contributed by atoms with E-state index in [9.17, 15) is 4.21 Å². The molecule has 4 heteroatoms. The second kappa shape index (κ2) is 7.49. The van der Waals surface area contributed by atoms with E-state index in [2.05, 4.69) is 26.1 Å². The van der Waals surface area contributed by atoms with Gasteiger partial charge in [-0.15, -0.1) is 0 Å². The molecule has 0 aromatic carbocycles. The van der Waals surface area contributed by atoms with Crippen molar-refractivity contribution in [1.82, 2.24) is 5.32 Å². The van der Waals surface area contributed by atoms with E-state index < -0.39 is 10.8 Å². The topological polar surface area (TPSA) is 38.3 Å². The van der Waals surface area contributed by atoms with Gasteiger partial charge in [0.05, 0.1) is 11.4 Å². The molecule has 1 heterocycles. The summed E-state index contributed by atoms with van der Waals surface area (Å²) in [4.78, 5) is 0. The molecule has 0 saturated carbocycles. The summed E-state index contributed by atoms with van der Waals surface area (Å²) in [5.74, 6) is 0. The lowest BCUT2D eigenvalue weighted by Gasteiger charge is -2.26. The SMILES string of the molecule is CCCNC(CC)C(C)S(=O)C1CCOC1C. The van der Waals surface area contributed by atoms with Crippen LogP contribution in [-0.4, -0.2) is 40.0 Å². The largest absolute Gasteiger partial charge is 0.377 e. The Morgan fingerprint density at radius 1 is 1.47 bits per heavy atom. The Morgan fingerprint density at radius 3 is 2.65 bits per heavy atom. The molecule has 1 aliphatic heterocycles. The second-order valence-corrected chi connectivity index (χ2v) is 6.91. The molecule has 0 aliphatic carbocycles. The molecule has 1 fully saturated rings. The van der Waals surface area contributed by atoms with E-state index in [1.54, 1.807) is 0 Å². The summed E-state index contributed by atoms with van der Waals surface area (Å²) in [7, 11) is -0.791. The van der Waals surface area contributed by atoms with Gasteiger partial charge in [0.15, 0.2) is 0 Å². The van der Waals surface area contributed by atoms with Crippen LogP contribution in [0.5, 0.6) is 0 Å². The van der Waals surface area contributed by atoms with Crippen LogP contribution < -0.4 is 5.32 Å². The maximum Gasteiger partial charge on any atom is 0.0691 e. The fourth-order valence-electron chi connectivity index (χ4n) is 2.43. The Morgan fingerprint density at radius 2 is 2.18 bits per heavy atom. The zero-order valence-electron chi connectivity index (χ0n) is 11.6. The molecule has 0 spiro atoms. The van der Waals surface area contributed by atoms with E-state index in [4.69, 9.17) is 4.74 Å². The number of hydrogen-bond donors (Lipinski definition) is 1. The van der Waals surface area contributed by atoms with Gasteiger partial charge in [-0.2, -0.15) is 0 Å². The summed E-state index contributed by atoms with van der Waals surface area (Å²) in [6.07, 6.45) is 3.26. The Hall–Kier alpha value is 0.0700. The number of ether oxygens (including phenoxy) is 1. The van der Waals surface area contributed by atoms with E-state index in [1.165, 1.54) is 0 Å². The highest BCUT2D eigenvalue weighted by molar-refractivity contribution is 7.86. The summed E-state index contributed by atoms with van der Waals surface area (Å²) >= 11 is 0. The van der Waals surface area contributed by atoms with E-state index in [0.29, 0.717) is 6.04 Å². The van der Waals surface area contributed by atoms with Gasteiger partial charge < -0.3 is 10.1 Å². The standard InChI is InChI=1S/C13H27NO2S/c1-5-8-14-12(6-2)11(4)17(15)13-7-9-16-10(13)3/h10-14H,5-9H2,1-4H3. The van der Waals surface area contributed by atoms with Gasteiger partial charge in [0.1, 0.15) is 0 Å². The Kier molecular flexibility index (Phi) is 6.67. The first kappa shape index (κ1) is 15.1. The first-order valence-corrected chi connectivity index (χ1v) is 8.13. The Balaban J connectivity index is 2.53. The summed E-state index contributed by atoms with van der Waals surface area (Å²) < 4.78 is 18.0. The monoisotopic (exact) mass is 261 g/mol. The molecule has 0 radical (unpaired) electrons. The molecule has 5 unspecified atom stereocenters. The van der Waals surface area contributed by atoms with Gasteiger partial charge in [-0.3, -0.25) is 4.21 Å². The van der Waals surface area contributed by atoms with Gasteiger partial charge >= 0.3 is 0 Å². The number of nitrogens with one attached hydrogen (secondary N) is 1. The molecular formula is C13H27NO2S. The first-order chi connectivity index (χ1) is 8.11. The third-order valence-electron chi connectivity index (χ3n) is 3.63. The Bertz CT molecular complexity index is 248. The van der Waals surface area contributed by atoms with Crippen LogP contribution >= 0.6 is 0 Å². The molecule has 5 atom stereocenters. The lowest BCUT2D eigenvalue weighted by molar-refractivity contribution is 0.126. The van der Waals surface area contributed by atoms with Crippen LogP contribution in [-0.2, 0) is 15.5 Å². The quantitative estimate of drug-likeness (QED) is 0.762. The van der Waals surface area contributed by atoms with Gasteiger partial charge in [0.25, 0.3) is 0 Å². The van der Waals surface area contributed by atoms with Gasteiger partial charge in [-0.25, -0.2) is 0 Å². The van der Waals surface area contributed by atoms with Crippen molar-refractivity contribution in [3.63, 3.8) is 0 Å². The third-order valence-corrected chi connectivity index (χ3v) is 5.91. The van der Waals surface area contributed by atoms with E-state index >= 15 is 0 Å². The van der Waals surface area contributed by atoms with Crippen LogP contribution in [0.4, 0.5) is 0 Å². The number of rotatable bonds is 7.